The van der Waals surface area contributed by atoms with E-state index < -0.39 is 11.9 Å². The molecule has 1 rings (SSSR count). The van der Waals surface area contributed by atoms with Crippen LogP contribution in [0, 0.1) is 0 Å². The number of rotatable bonds is 0. The topological polar surface area (TPSA) is 116 Å². The van der Waals surface area contributed by atoms with Crippen molar-refractivity contribution < 1.29 is 47.5 Å². The van der Waals surface area contributed by atoms with Crippen molar-refractivity contribution in [2.45, 2.75) is 0 Å². The van der Waals surface area contributed by atoms with Gasteiger partial charge in [-0.25, -0.2) is 4.79 Å². The van der Waals surface area contributed by atoms with Gasteiger partial charge < -0.3 is 33.2 Å². The van der Waals surface area contributed by atoms with E-state index in [1.54, 1.807) is 0 Å². The van der Waals surface area contributed by atoms with Crippen LogP contribution in [0.25, 0.3) is 0 Å². The quantitative estimate of drug-likeness (QED) is 0.478. The highest BCUT2D eigenvalue weighted by Gasteiger charge is 2.11. The molecule has 1 heterocycles. The minimum Gasteiger partial charge on any atom is -0.463 e. The van der Waals surface area contributed by atoms with Crippen molar-refractivity contribution >= 4 is 28.8 Å². The minimum atomic E-state index is -0.598. The number of esters is 2. The molecule has 1 saturated heterocycles. The zero-order valence-corrected chi connectivity index (χ0v) is 16.0. The molecule has 0 spiro atoms. The largest absolute Gasteiger partial charge is 0.463 e. The van der Waals surface area contributed by atoms with E-state index in [2.05, 4.69) is 0 Å². The van der Waals surface area contributed by atoms with Gasteiger partial charge in [0.15, 0.2) is 0 Å². The van der Waals surface area contributed by atoms with E-state index in [1.165, 1.54) is 0 Å². The van der Waals surface area contributed by atoms with E-state index in [0.717, 1.165) is 11.8 Å². The van der Waals surface area contributed by atoms with E-state index in [0.29, 0.717) is 39.6 Å². The number of carbonyl (C=O) groups excluding carboxylic acids is 3. The van der Waals surface area contributed by atoms with Gasteiger partial charge in [0.05, 0.1) is 58.6 Å². The second-order valence-electron chi connectivity index (χ2n) is 5.04. The number of carbonyl (C=O) groups is 3. The first-order valence-electron chi connectivity index (χ1n) is 8.54. The summed E-state index contributed by atoms with van der Waals surface area (Å²) in [5, 5.41) is -0.383. The Morgan fingerprint density at radius 2 is 0.963 bits per heavy atom. The summed E-state index contributed by atoms with van der Waals surface area (Å²) in [5.74, 6) is -1.26. The summed E-state index contributed by atoms with van der Waals surface area (Å²) in [7, 11) is 0. The minimum absolute atomic E-state index is 0.0832. The molecular formula is C16H26O10S. The molecule has 1 fully saturated rings. The summed E-state index contributed by atoms with van der Waals surface area (Å²) in [5.41, 5.74) is 0. The highest BCUT2D eigenvalue weighted by molar-refractivity contribution is 8.14. The van der Waals surface area contributed by atoms with Gasteiger partial charge in [0.25, 0.3) is 0 Å². The maximum absolute atomic E-state index is 11.6. The molecule has 0 aliphatic carbocycles. The zero-order chi connectivity index (χ0) is 19.6. The Hall–Kier alpha value is -1.24. The lowest BCUT2D eigenvalue weighted by molar-refractivity contribution is -0.151. The fraction of sp³-hybridized carbons (Fsp3) is 0.812. The van der Waals surface area contributed by atoms with Crippen molar-refractivity contribution in [3.63, 3.8) is 0 Å². The maximum Gasteiger partial charge on any atom is 0.332 e. The summed E-state index contributed by atoms with van der Waals surface area (Å²) in [6.07, 6.45) is 0. The van der Waals surface area contributed by atoms with Crippen LogP contribution in [-0.2, 0) is 47.5 Å². The SMILES string of the molecule is O=C1COCC(=O)SCC(=O)OCCOCCOCCOCCOCCO1. The van der Waals surface area contributed by atoms with Gasteiger partial charge in [0, 0.05) is 0 Å². The molecule has 0 bridgehead atoms. The van der Waals surface area contributed by atoms with Crippen LogP contribution in [0.5, 0.6) is 0 Å². The van der Waals surface area contributed by atoms with Crippen molar-refractivity contribution in [1.29, 1.82) is 0 Å². The van der Waals surface area contributed by atoms with Gasteiger partial charge in [-0.15, -0.1) is 0 Å². The smallest absolute Gasteiger partial charge is 0.332 e. The first-order valence-corrected chi connectivity index (χ1v) is 9.52. The van der Waals surface area contributed by atoms with E-state index in [-0.39, 0.29) is 50.5 Å². The molecule has 0 radical (unpaired) electrons. The van der Waals surface area contributed by atoms with Gasteiger partial charge in [-0.3, -0.25) is 9.59 Å². The number of cyclic esters (lactones) is 2. The van der Waals surface area contributed by atoms with Crippen LogP contribution in [0.3, 0.4) is 0 Å². The van der Waals surface area contributed by atoms with Gasteiger partial charge in [0.2, 0.25) is 5.12 Å². The predicted octanol–water partition coefficient (Wildman–Crippen LogP) is -0.571. The van der Waals surface area contributed by atoms with Crippen LogP contribution in [0.2, 0.25) is 0 Å². The summed E-state index contributed by atoms with van der Waals surface area (Å²) in [6.45, 7) is 2.44. The molecule has 0 aromatic heterocycles. The lowest BCUT2D eigenvalue weighted by Crippen LogP contribution is -2.19. The van der Waals surface area contributed by atoms with Gasteiger partial charge in [-0.2, -0.15) is 0 Å². The fourth-order valence-corrected chi connectivity index (χ4v) is 2.20. The average Bonchev–Trinajstić information content (AvgIpc) is 2.65. The number of thioether (sulfide) groups is 1. The summed E-state index contributed by atoms with van der Waals surface area (Å²) >= 11 is 0.761. The van der Waals surface area contributed by atoms with E-state index in [9.17, 15) is 14.4 Å². The molecule has 27 heavy (non-hydrogen) atoms. The molecule has 0 unspecified atom stereocenters. The molecule has 156 valence electrons. The number of hydrogen-bond donors (Lipinski definition) is 0. The summed E-state index contributed by atoms with van der Waals surface area (Å²) in [4.78, 5) is 34.4. The van der Waals surface area contributed by atoms with Crippen molar-refractivity contribution in [3.8, 4) is 0 Å². The summed E-state index contributed by atoms with van der Waals surface area (Å²) < 4.78 is 35.8. The van der Waals surface area contributed by atoms with Crippen LogP contribution in [0.15, 0.2) is 0 Å². The molecule has 0 aromatic carbocycles. The van der Waals surface area contributed by atoms with Gasteiger partial charge in [-0.05, 0) is 0 Å². The Bertz CT molecular complexity index is 431. The standard InChI is InChI=1S/C16H26O10S/c17-14-11-24-12-16(19)27-13-15(18)26-10-8-23-6-4-21-2-1-20-3-5-22-7-9-25-14/h1-13H2. The molecule has 0 N–H and O–H groups in total. The Morgan fingerprint density at radius 1 is 0.519 bits per heavy atom. The molecule has 1 aliphatic heterocycles. The fourth-order valence-electron chi connectivity index (χ4n) is 1.67. The van der Waals surface area contributed by atoms with Crippen LogP contribution in [0.1, 0.15) is 0 Å². The Labute approximate surface area is 162 Å². The third-order valence-electron chi connectivity index (χ3n) is 2.89. The van der Waals surface area contributed by atoms with Crippen LogP contribution in [-0.4, -0.2) is 102 Å². The van der Waals surface area contributed by atoms with E-state index >= 15 is 0 Å². The second kappa shape index (κ2) is 16.9. The summed E-state index contributed by atoms with van der Waals surface area (Å²) in [6, 6.07) is 0. The normalized spacial score (nSPS) is 22.3. The first-order chi connectivity index (χ1) is 13.2. The highest BCUT2D eigenvalue weighted by atomic mass is 32.2. The van der Waals surface area contributed by atoms with Crippen LogP contribution >= 0.6 is 11.8 Å². The lowest BCUT2D eigenvalue weighted by Gasteiger charge is -2.09. The predicted molar refractivity (Wildman–Crippen MR) is 93.5 cm³/mol. The molecule has 1 aliphatic rings. The first kappa shape index (κ1) is 23.8. The molecule has 10 nitrogen and oxygen atoms in total. The molecule has 0 atom stereocenters. The van der Waals surface area contributed by atoms with E-state index in [1.807, 2.05) is 0 Å². The zero-order valence-electron chi connectivity index (χ0n) is 15.2. The monoisotopic (exact) mass is 410 g/mol. The molecule has 0 aromatic rings. The number of ether oxygens (including phenoxy) is 7. The van der Waals surface area contributed by atoms with Crippen molar-refractivity contribution in [1.82, 2.24) is 0 Å². The maximum atomic E-state index is 11.6. The van der Waals surface area contributed by atoms with Crippen molar-refractivity contribution in [2.75, 3.05) is 85.0 Å². The Kier molecular flexibility index (Phi) is 14.9. The van der Waals surface area contributed by atoms with Crippen molar-refractivity contribution in [3.05, 3.63) is 0 Å². The second-order valence-corrected chi connectivity index (χ2v) is 6.08. The average molecular weight is 410 g/mol. The Balaban J connectivity index is 2.24. The van der Waals surface area contributed by atoms with Gasteiger partial charge in [-0.1, -0.05) is 11.8 Å². The third-order valence-corrected chi connectivity index (χ3v) is 3.71. The third kappa shape index (κ3) is 15.5. The Morgan fingerprint density at radius 3 is 1.48 bits per heavy atom. The molecule has 0 saturated carbocycles. The van der Waals surface area contributed by atoms with Crippen LogP contribution < -0.4 is 0 Å². The lowest BCUT2D eigenvalue weighted by atomic mass is 10.6. The van der Waals surface area contributed by atoms with Crippen molar-refractivity contribution in [2.24, 2.45) is 0 Å². The highest BCUT2D eigenvalue weighted by Crippen LogP contribution is 2.03. The van der Waals surface area contributed by atoms with Gasteiger partial charge in [0.1, 0.15) is 26.4 Å². The van der Waals surface area contributed by atoms with E-state index in [4.69, 9.17) is 33.2 Å². The molecule has 11 heteroatoms. The van der Waals surface area contributed by atoms with Gasteiger partial charge >= 0.3 is 11.9 Å². The number of hydrogen-bond acceptors (Lipinski definition) is 11. The molecular weight excluding hydrogens is 384 g/mol. The van der Waals surface area contributed by atoms with Crippen LogP contribution in [0.4, 0.5) is 0 Å². The molecule has 0 amide bonds.